The molecule has 2 amide bonds. The number of benzene rings is 3. The first kappa shape index (κ1) is 20.1. The van der Waals surface area contributed by atoms with Gasteiger partial charge in [-0.2, -0.15) is 0 Å². The van der Waals surface area contributed by atoms with Gasteiger partial charge in [0, 0.05) is 24.0 Å². The molecule has 0 fully saturated rings. The van der Waals surface area contributed by atoms with E-state index in [-0.39, 0.29) is 18.4 Å². The average molecular weight is 388 g/mol. The largest absolute Gasteiger partial charge is 0.484 e. The summed E-state index contributed by atoms with van der Waals surface area (Å²) in [6.45, 7) is 3.89. The minimum absolute atomic E-state index is 0.0830. The smallest absolute Gasteiger partial charge is 0.262 e. The second-order valence-electron chi connectivity index (χ2n) is 6.94. The third-order valence-corrected chi connectivity index (χ3v) is 4.43. The normalized spacial score (nSPS) is 10.3. The second kappa shape index (κ2) is 9.06. The summed E-state index contributed by atoms with van der Waals surface area (Å²) in [4.78, 5) is 26.4. The van der Waals surface area contributed by atoms with Crippen LogP contribution >= 0.6 is 0 Å². The molecule has 0 saturated carbocycles. The van der Waals surface area contributed by atoms with Gasteiger partial charge >= 0.3 is 0 Å². The first-order chi connectivity index (χ1) is 13.9. The van der Waals surface area contributed by atoms with Crippen LogP contribution in [0.4, 0.5) is 11.4 Å². The van der Waals surface area contributed by atoms with Crippen molar-refractivity contribution in [3.63, 3.8) is 0 Å². The molecule has 0 spiro atoms. The lowest BCUT2D eigenvalue weighted by molar-refractivity contribution is -0.118. The van der Waals surface area contributed by atoms with E-state index in [0.29, 0.717) is 17.0 Å². The summed E-state index contributed by atoms with van der Waals surface area (Å²) in [5.74, 6) is 0.291. The summed E-state index contributed by atoms with van der Waals surface area (Å²) in [5, 5.41) is 2.78. The lowest BCUT2D eigenvalue weighted by atomic mass is 10.1. The molecule has 3 aromatic rings. The average Bonchev–Trinajstić information content (AvgIpc) is 2.72. The quantitative estimate of drug-likeness (QED) is 0.671. The number of rotatable bonds is 6. The highest BCUT2D eigenvalue weighted by atomic mass is 16.5. The number of amides is 2. The molecule has 0 radical (unpaired) electrons. The molecule has 0 saturated heterocycles. The van der Waals surface area contributed by atoms with Crippen molar-refractivity contribution in [1.82, 2.24) is 0 Å². The molecule has 3 rings (SSSR count). The molecule has 0 heterocycles. The number of nitrogens with zero attached hydrogens (tertiary/aromatic N) is 1. The molecule has 148 valence electrons. The zero-order valence-electron chi connectivity index (χ0n) is 16.8. The van der Waals surface area contributed by atoms with Crippen molar-refractivity contribution in [3.05, 3.63) is 89.5 Å². The molecule has 0 bridgehead atoms. The Morgan fingerprint density at radius 3 is 2.14 bits per heavy atom. The number of anilines is 2. The minimum atomic E-state index is -0.260. The Labute approximate surface area is 170 Å². The van der Waals surface area contributed by atoms with Crippen LogP contribution in [0.3, 0.4) is 0 Å². The highest BCUT2D eigenvalue weighted by Gasteiger charge is 2.13. The molecule has 0 unspecified atom stereocenters. The van der Waals surface area contributed by atoms with E-state index >= 15 is 0 Å². The highest BCUT2D eigenvalue weighted by molar-refractivity contribution is 6.06. The Kier molecular flexibility index (Phi) is 6.29. The first-order valence-corrected chi connectivity index (χ1v) is 9.36. The van der Waals surface area contributed by atoms with Gasteiger partial charge in [0.25, 0.3) is 11.8 Å². The van der Waals surface area contributed by atoms with E-state index in [0.717, 1.165) is 16.8 Å². The minimum Gasteiger partial charge on any atom is -0.484 e. The Balaban J connectivity index is 1.57. The molecule has 5 nitrogen and oxygen atoms in total. The van der Waals surface area contributed by atoms with Crippen LogP contribution in [0, 0.1) is 13.8 Å². The lowest BCUT2D eigenvalue weighted by Gasteiger charge is -2.17. The van der Waals surface area contributed by atoms with E-state index < -0.39 is 0 Å². The molecular weight excluding hydrogens is 364 g/mol. The molecule has 0 aliphatic heterocycles. The molecule has 0 aromatic heterocycles. The Hall–Kier alpha value is -3.60. The van der Waals surface area contributed by atoms with Gasteiger partial charge in [-0.05, 0) is 73.5 Å². The van der Waals surface area contributed by atoms with Crippen molar-refractivity contribution in [1.29, 1.82) is 0 Å². The Bertz CT molecular complexity index is 978. The number of hydrogen-bond donors (Lipinski definition) is 1. The van der Waals surface area contributed by atoms with Gasteiger partial charge in [-0.25, -0.2) is 0 Å². The first-order valence-electron chi connectivity index (χ1n) is 9.36. The summed E-state index contributed by atoms with van der Waals surface area (Å²) in [6, 6.07) is 22.1. The van der Waals surface area contributed by atoms with Crippen LogP contribution in [0.1, 0.15) is 21.5 Å². The maximum Gasteiger partial charge on any atom is 0.262 e. The van der Waals surface area contributed by atoms with E-state index in [1.54, 1.807) is 36.2 Å². The lowest BCUT2D eigenvalue weighted by Crippen LogP contribution is -2.26. The fourth-order valence-corrected chi connectivity index (χ4v) is 3.02. The zero-order chi connectivity index (χ0) is 20.8. The van der Waals surface area contributed by atoms with Crippen molar-refractivity contribution < 1.29 is 14.3 Å². The number of ether oxygens (including phenoxy) is 1. The van der Waals surface area contributed by atoms with Gasteiger partial charge in [0.1, 0.15) is 5.75 Å². The predicted molar refractivity (Wildman–Crippen MR) is 116 cm³/mol. The van der Waals surface area contributed by atoms with Crippen LogP contribution < -0.4 is 15.0 Å². The number of nitrogens with one attached hydrogen (secondary N) is 1. The molecular formula is C24H24N2O3. The third-order valence-electron chi connectivity index (χ3n) is 4.43. The SMILES string of the molecule is Cc1cc(C)cc(OCC(=O)Nc2ccc(C(=O)N(C)c3ccccc3)cc2)c1. The van der Waals surface area contributed by atoms with Crippen molar-refractivity contribution in [3.8, 4) is 5.75 Å². The van der Waals surface area contributed by atoms with Crippen LogP contribution in [0.5, 0.6) is 5.75 Å². The van der Waals surface area contributed by atoms with Gasteiger partial charge in [0.05, 0.1) is 0 Å². The number of aryl methyl sites for hydroxylation is 2. The fraction of sp³-hybridized carbons (Fsp3) is 0.167. The summed E-state index contributed by atoms with van der Waals surface area (Å²) in [6.07, 6.45) is 0. The molecule has 3 aromatic carbocycles. The number of para-hydroxylation sites is 1. The molecule has 0 aliphatic rings. The van der Waals surface area contributed by atoms with Crippen molar-refractivity contribution in [2.45, 2.75) is 13.8 Å². The van der Waals surface area contributed by atoms with Crippen LogP contribution in [0.25, 0.3) is 0 Å². The number of carbonyl (C=O) groups is 2. The molecule has 1 N–H and O–H groups in total. The third kappa shape index (κ3) is 5.45. The summed E-state index contributed by atoms with van der Waals surface area (Å²) in [5.41, 5.74) is 4.14. The van der Waals surface area contributed by atoms with Gasteiger partial charge in [-0.1, -0.05) is 24.3 Å². The van der Waals surface area contributed by atoms with E-state index in [1.807, 2.05) is 62.4 Å². The monoisotopic (exact) mass is 388 g/mol. The summed E-state index contributed by atoms with van der Waals surface area (Å²) < 4.78 is 5.57. The highest BCUT2D eigenvalue weighted by Crippen LogP contribution is 2.18. The van der Waals surface area contributed by atoms with Crippen molar-refractivity contribution >= 4 is 23.2 Å². The Morgan fingerprint density at radius 2 is 1.52 bits per heavy atom. The van der Waals surface area contributed by atoms with Crippen LogP contribution in [0.2, 0.25) is 0 Å². The Morgan fingerprint density at radius 1 is 0.897 bits per heavy atom. The van der Waals surface area contributed by atoms with E-state index in [9.17, 15) is 9.59 Å². The topological polar surface area (TPSA) is 58.6 Å². The second-order valence-corrected chi connectivity index (χ2v) is 6.94. The maximum atomic E-state index is 12.6. The van der Waals surface area contributed by atoms with Gasteiger partial charge in [0.15, 0.2) is 6.61 Å². The number of carbonyl (C=O) groups excluding carboxylic acids is 2. The van der Waals surface area contributed by atoms with Gasteiger partial charge < -0.3 is 15.0 Å². The summed E-state index contributed by atoms with van der Waals surface area (Å²) in [7, 11) is 1.73. The van der Waals surface area contributed by atoms with Crippen molar-refractivity contribution in [2.75, 3.05) is 23.9 Å². The summed E-state index contributed by atoms with van der Waals surface area (Å²) >= 11 is 0. The van der Waals surface area contributed by atoms with Crippen molar-refractivity contribution in [2.24, 2.45) is 0 Å². The van der Waals surface area contributed by atoms with Gasteiger partial charge in [-0.15, -0.1) is 0 Å². The molecule has 0 atom stereocenters. The molecule has 0 aliphatic carbocycles. The predicted octanol–water partition coefficient (Wildman–Crippen LogP) is 4.60. The van der Waals surface area contributed by atoms with E-state index in [1.165, 1.54) is 0 Å². The fourth-order valence-electron chi connectivity index (χ4n) is 3.02. The number of hydrogen-bond acceptors (Lipinski definition) is 3. The van der Waals surface area contributed by atoms with Crippen LogP contribution in [-0.4, -0.2) is 25.5 Å². The van der Waals surface area contributed by atoms with Crippen LogP contribution in [0.15, 0.2) is 72.8 Å². The van der Waals surface area contributed by atoms with E-state index in [2.05, 4.69) is 5.32 Å². The molecule has 5 heteroatoms. The van der Waals surface area contributed by atoms with E-state index in [4.69, 9.17) is 4.74 Å². The molecule has 29 heavy (non-hydrogen) atoms. The zero-order valence-corrected chi connectivity index (χ0v) is 16.8. The van der Waals surface area contributed by atoms with Gasteiger partial charge in [0.2, 0.25) is 0 Å². The van der Waals surface area contributed by atoms with Crippen LogP contribution in [-0.2, 0) is 4.79 Å². The standard InChI is InChI=1S/C24H24N2O3/c1-17-13-18(2)15-22(14-17)29-16-23(27)25-20-11-9-19(10-12-20)24(28)26(3)21-7-5-4-6-8-21/h4-15H,16H2,1-3H3,(H,25,27). The van der Waals surface area contributed by atoms with Gasteiger partial charge in [-0.3, -0.25) is 9.59 Å². The maximum absolute atomic E-state index is 12.6.